The van der Waals surface area contributed by atoms with Crippen LogP contribution < -0.4 is 0 Å². The van der Waals surface area contributed by atoms with Crippen LogP contribution in [0.5, 0.6) is 0 Å². The summed E-state index contributed by atoms with van der Waals surface area (Å²) in [4.78, 5) is 46.9. The number of hydrogen-bond acceptors (Lipinski definition) is 8. The second-order valence-corrected chi connectivity index (χ2v) is 11.9. The number of carbonyl (C=O) groups excluding carboxylic acids is 3. The number of ether oxygens (including phenoxy) is 2. The maximum Gasteiger partial charge on any atom is 0.311 e. The molecule has 1 N–H and O–H groups in total. The summed E-state index contributed by atoms with van der Waals surface area (Å²) < 4.78 is 9.48. The highest BCUT2D eigenvalue weighted by molar-refractivity contribution is 8.02. The number of morpholine rings is 1. The summed E-state index contributed by atoms with van der Waals surface area (Å²) in [5, 5.41) is 9.78. The number of fused-ring (bicyclic) bond motifs is 2. The molecule has 5 atom stereocenters. The molecule has 3 fully saturated rings. The Hall–Kier alpha value is -1.88. The number of nitrogens with zero attached hydrogens (tertiary/aromatic N) is 3. The van der Waals surface area contributed by atoms with E-state index in [0.717, 1.165) is 32.5 Å². The Labute approximate surface area is 210 Å². The number of cyclic esters (lactones) is 1. The molecule has 0 saturated carbocycles. The molecular weight excluding hydrogens is 470 g/mol. The zero-order chi connectivity index (χ0) is 24.6. The van der Waals surface area contributed by atoms with Gasteiger partial charge in [0, 0.05) is 44.0 Å². The first-order valence-electron chi connectivity index (χ1n) is 12.6. The minimum Gasteiger partial charge on any atom is -0.465 e. The third kappa shape index (κ3) is 4.22. The number of β-amino-alcohol motifs (C(OH)–C–C–N with tert-alkyl or cyclic N) is 1. The second-order valence-electron chi connectivity index (χ2n) is 10.1. The lowest BCUT2D eigenvalue weighted by molar-refractivity contribution is -0.154. The molecule has 10 heteroatoms. The van der Waals surface area contributed by atoms with E-state index >= 15 is 0 Å². The lowest BCUT2D eigenvalue weighted by Gasteiger charge is -2.37. The van der Waals surface area contributed by atoms with Gasteiger partial charge in [0.25, 0.3) is 0 Å². The summed E-state index contributed by atoms with van der Waals surface area (Å²) in [5.74, 6) is -2.15. The number of rotatable bonds is 5. The SMILES string of the molecule is C[C@@]12/C=C\CCCOC(=O)[C@@H]1[C@H]1C(=O)N(CCO)C3C(=O)N(CCN4CCOCC4)CC=C[C@@]31S2. The molecule has 0 aliphatic carbocycles. The van der Waals surface area contributed by atoms with Gasteiger partial charge in [0.15, 0.2) is 0 Å². The molecule has 35 heavy (non-hydrogen) atoms. The van der Waals surface area contributed by atoms with Gasteiger partial charge < -0.3 is 24.4 Å². The third-order valence-corrected chi connectivity index (χ3v) is 9.76. The molecular formula is C25H35N3O6S. The summed E-state index contributed by atoms with van der Waals surface area (Å²) in [6.07, 6.45) is 9.64. The van der Waals surface area contributed by atoms with Crippen molar-refractivity contribution >= 4 is 29.5 Å². The number of carbonyl (C=O) groups is 3. The minimum atomic E-state index is -0.890. The van der Waals surface area contributed by atoms with Gasteiger partial charge >= 0.3 is 5.97 Å². The average molecular weight is 506 g/mol. The summed E-state index contributed by atoms with van der Waals surface area (Å²) in [5.41, 5.74) is 0. The number of esters is 1. The number of thioether (sulfide) groups is 1. The first-order valence-corrected chi connectivity index (χ1v) is 13.5. The van der Waals surface area contributed by atoms with Gasteiger partial charge in [-0.25, -0.2) is 0 Å². The Bertz CT molecular complexity index is 921. The maximum atomic E-state index is 14.1. The molecule has 1 unspecified atom stereocenters. The fourth-order valence-corrected chi connectivity index (χ4v) is 8.47. The first kappa shape index (κ1) is 24.8. The van der Waals surface area contributed by atoms with Crippen LogP contribution in [0.1, 0.15) is 19.8 Å². The van der Waals surface area contributed by atoms with E-state index in [9.17, 15) is 19.5 Å². The molecule has 0 radical (unpaired) electrons. The highest BCUT2D eigenvalue weighted by atomic mass is 32.2. The molecule has 5 rings (SSSR count). The molecule has 5 aliphatic rings. The van der Waals surface area contributed by atoms with Crippen molar-refractivity contribution in [2.45, 2.75) is 35.3 Å². The lowest BCUT2D eigenvalue weighted by atomic mass is 9.74. The van der Waals surface area contributed by atoms with Crippen LogP contribution in [0.25, 0.3) is 0 Å². The number of amides is 2. The van der Waals surface area contributed by atoms with Crippen molar-refractivity contribution in [2.24, 2.45) is 11.8 Å². The highest BCUT2D eigenvalue weighted by Gasteiger charge is 2.73. The molecule has 0 aromatic carbocycles. The Morgan fingerprint density at radius 3 is 2.60 bits per heavy atom. The van der Waals surface area contributed by atoms with Gasteiger partial charge in [-0.15, -0.1) is 11.8 Å². The first-order chi connectivity index (χ1) is 16.9. The number of hydrogen-bond donors (Lipinski definition) is 1. The quantitative estimate of drug-likeness (QED) is 0.421. The van der Waals surface area contributed by atoms with Crippen LogP contribution in [-0.4, -0.2) is 119 Å². The predicted molar refractivity (Wildman–Crippen MR) is 131 cm³/mol. The molecule has 0 aromatic rings. The van der Waals surface area contributed by atoms with E-state index in [1.807, 2.05) is 30.1 Å². The molecule has 0 aromatic heterocycles. The van der Waals surface area contributed by atoms with Gasteiger partial charge in [0.05, 0.1) is 43.0 Å². The van der Waals surface area contributed by atoms with Crippen LogP contribution in [0.4, 0.5) is 0 Å². The molecule has 3 saturated heterocycles. The highest BCUT2D eigenvalue weighted by Crippen LogP contribution is 2.65. The van der Waals surface area contributed by atoms with E-state index in [-0.39, 0.29) is 30.9 Å². The van der Waals surface area contributed by atoms with Crippen molar-refractivity contribution in [3.05, 3.63) is 24.3 Å². The molecule has 2 amide bonds. The van der Waals surface area contributed by atoms with Crippen LogP contribution in [-0.2, 0) is 23.9 Å². The van der Waals surface area contributed by atoms with Crippen molar-refractivity contribution in [1.29, 1.82) is 0 Å². The van der Waals surface area contributed by atoms with Gasteiger partial charge in [-0.3, -0.25) is 19.3 Å². The Balaban J connectivity index is 1.49. The monoisotopic (exact) mass is 505 g/mol. The molecule has 192 valence electrons. The Morgan fingerprint density at radius 1 is 1.03 bits per heavy atom. The smallest absolute Gasteiger partial charge is 0.311 e. The van der Waals surface area contributed by atoms with Crippen molar-refractivity contribution in [3.63, 3.8) is 0 Å². The lowest BCUT2D eigenvalue weighted by Crippen LogP contribution is -2.55. The van der Waals surface area contributed by atoms with Crippen molar-refractivity contribution in [2.75, 3.05) is 65.7 Å². The van der Waals surface area contributed by atoms with E-state index in [1.54, 1.807) is 11.8 Å². The summed E-state index contributed by atoms with van der Waals surface area (Å²) in [6, 6.07) is -0.769. The number of aliphatic hydroxyl groups is 1. The van der Waals surface area contributed by atoms with Crippen LogP contribution >= 0.6 is 11.8 Å². The summed E-state index contributed by atoms with van der Waals surface area (Å²) in [6.45, 7) is 6.94. The third-order valence-electron chi connectivity index (χ3n) is 7.96. The van der Waals surface area contributed by atoms with Crippen LogP contribution in [0.2, 0.25) is 0 Å². The van der Waals surface area contributed by atoms with Gasteiger partial charge in [-0.1, -0.05) is 24.3 Å². The van der Waals surface area contributed by atoms with E-state index in [2.05, 4.69) is 11.0 Å². The standard InChI is InChI=1S/C25H35N3O6S/c1-24-6-3-2-4-15-34-23(32)19(24)18-21(30)28(11-14-29)20-22(31)27(8-5-7-25(18,20)35-24)10-9-26-12-16-33-17-13-26/h3,5-7,18-20,29H,2,4,8-17H2,1H3/b6-3-/t18-,19-,20?,24+,25-/m0/s1. The normalized spacial score (nSPS) is 38.7. The second kappa shape index (κ2) is 9.88. The predicted octanol–water partition coefficient (Wildman–Crippen LogP) is 0.290. The fourth-order valence-electron chi connectivity index (χ4n) is 6.32. The van der Waals surface area contributed by atoms with Gasteiger partial charge in [0.1, 0.15) is 6.04 Å². The zero-order valence-corrected chi connectivity index (χ0v) is 21.1. The van der Waals surface area contributed by atoms with Gasteiger partial charge in [-0.05, 0) is 19.8 Å². The minimum absolute atomic E-state index is 0.0630. The van der Waals surface area contributed by atoms with E-state index in [4.69, 9.17) is 9.47 Å². The molecule has 0 bridgehead atoms. The molecule has 5 heterocycles. The van der Waals surface area contributed by atoms with Crippen molar-refractivity contribution in [3.8, 4) is 0 Å². The van der Waals surface area contributed by atoms with E-state index in [0.29, 0.717) is 32.9 Å². The number of likely N-dealkylation sites (tertiary alicyclic amines) is 1. The van der Waals surface area contributed by atoms with Gasteiger partial charge in [0.2, 0.25) is 11.8 Å². The van der Waals surface area contributed by atoms with Crippen LogP contribution in [0.15, 0.2) is 24.3 Å². The largest absolute Gasteiger partial charge is 0.465 e. The van der Waals surface area contributed by atoms with Gasteiger partial charge in [-0.2, -0.15) is 0 Å². The molecule has 9 nitrogen and oxygen atoms in total. The number of allylic oxidation sites excluding steroid dienone is 1. The Morgan fingerprint density at radius 2 is 1.83 bits per heavy atom. The van der Waals surface area contributed by atoms with Crippen LogP contribution in [0, 0.1) is 11.8 Å². The van der Waals surface area contributed by atoms with Crippen molar-refractivity contribution in [1.82, 2.24) is 14.7 Å². The molecule has 1 spiro atoms. The van der Waals surface area contributed by atoms with E-state index < -0.39 is 27.4 Å². The topological polar surface area (TPSA) is 99.6 Å². The van der Waals surface area contributed by atoms with E-state index in [1.165, 1.54) is 4.90 Å². The van der Waals surface area contributed by atoms with Crippen molar-refractivity contribution < 1.29 is 29.0 Å². The summed E-state index contributed by atoms with van der Waals surface area (Å²) in [7, 11) is 0. The number of aliphatic hydroxyl groups excluding tert-OH is 1. The maximum absolute atomic E-state index is 14.1. The Kier molecular flexibility index (Phi) is 7.00. The molecule has 5 aliphatic heterocycles. The fraction of sp³-hybridized carbons (Fsp3) is 0.720. The van der Waals surface area contributed by atoms with Crippen LogP contribution in [0.3, 0.4) is 0 Å². The average Bonchev–Trinajstić information content (AvgIpc) is 3.19. The zero-order valence-electron chi connectivity index (χ0n) is 20.3. The summed E-state index contributed by atoms with van der Waals surface area (Å²) >= 11 is 1.54.